The molecule has 0 bridgehead atoms. The zero-order valence-corrected chi connectivity index (χ0v) is 36.9. The highest BCUT2D eigenvalue weighted by molar-refractivity contribution is 6.29. The maximum absolute atomic E-state index is 13.7. The normalized spacial score (nSPS) is 12.2. The van der Waals surface area contributed by atoms with Crippen LogP contribution in [0.3, 0.4) is 0 Å². The summed E-state index contributed by atoms with van der Waals surface area (Å²) in [6.07, 6.45) is 5.97. The summed E-state index contributed by atoms with van der Waals surface area (Å²) in [4.78, 5) is 31.7. The standard InChI is InChI=1S/C50H68N2O8/c1-7-31-51(32-8-2)47(27-23-41-21-25-43(55-5)45(37-41)57-35-29-39-17-13-11-14-18-39)59-49(53)50(54)60-48(52(33-9-3)34-10-4)28-24-42-22-26-44(56-6)46(38-42)58-36-30-40-19-15-12-16-20-40/h11-22,25-26,37-38,47-48H,7-10,23-24,27-36H2,1-6H3. The average Bonchev–Trinajstić information content (AvgIpc) is 3.27. The van der Waals surface area contributed by atoms with Gasteiger partial charge in [-0.15, -0.1) is 0 Å². The minimum atomic E-state index is -0.978. The molecule has 4 rings (SSSR count). The maximum atomic E-state index is 13.7. The Morgan fingerprint density at radius 2 is 0.833 bits per heavy atom. The van der Waals surface area contributed by atoms with Gasteiger partial charge in [-0.1, -0.05) is 100 Å². The summed E-state index contributed by atoms with van der Waals surface area (Å²) in [5.74, 6) is 0.689. The van der Waals surface area contributed by atoms with Crippen LogP contribution >= 0.6 is 0 Å². The molecule has 326 valence electrons. The lowest BCUT2D eigenvalue weighted by Crippen LogP contribution is -2.44. The highest BCUT2D eigenvalue weighted by Gasteiger charge is 2.30. The van der Waals surface area contributed by atoms with Crippen molar-refractivity contribution in [3.63, 3.8) is 0 Å². The molecule has 0 fully saturated rings. The van der Waals surface area contributed by atoms with Crippen LogP contribution in [0.4, 0.5) is 0 Å². The molecule has 0 aliphatic heterocycles. The van der Waals surface area contributed by atoms with Crippen LogP contribution in [0.5, 0.6) is 23.0 Å². The van der Waals surface area contributed by atoms with Gasteiger partial charge < -0.3 is 28.4 Å². The molecule has 60 heavy (non-hydrogen) atoms. The highest BCUT2D eigenvalue weighted by atomic mass is 16.6. The third-order valence-corrected chi connectivity index (χ3v) is 10.3. The van der Waals surface area contributed by atoms with Crippen molar-refractivity contribution < 1.29 is 38.0 Å². The van der Waals surface area contributed by atoms with E-state index in [2.05, 4.69) is 61.8 Å². The lowest BCUT2D eigenvalue weighted by atomic mass is 10.1. The van der Waals surface area contributed by atoms with E-state index in [0.29, 0.717) is 61.9 Å². The average molecular weight is 825 g/mol. The van der Waals surface area contributed by atoms with Gasteiger partial charge in [0.1, 0.15) is 0 Å². The molecule has 2 unspecified atom stereocenters. The van der Waals surface area contributed by atoms with E-state index in [0.717, 1.165) is 75.8 Å². The van der Waals surface area contributed by atoms with Crippen molar-refractivity contribution in [3.8, 4) is 23.0 Å². The number of aryl methyl sites for hydroxylation is 2. The van der Waals surface area contributed by atoms with Crippen LogP contribution in [0.2, 0.25) is 0 Å². The van der Waals surface area contributed by atoms with Crippen molar-refractivity contribution in [1.29, 1.82) is 0 Å². The number of hydrogen-bond acceptors (Lipinski definition) is 10. The molecule has 0 spiro atoms. The Morgan fingerprint density at radius 1 is 0.467 bits per heavy atom. The first-order chi connectivity index (χ1) is 29.3. The fraction of sp³-hybridized carbons (Fsp3) is 0.480. The van der Waals surface area contributed by atoms with Crippen molar-refractivity contribution in [1.82, 2.24) is 9.80 Å². The van der Waals surface area contributed by atoms with Crippen LogP contribution < -0.4 is 18.9 Å². The first-order valence-corrected chi connectivity index (χ1v) is 21.9. The van der Waals surface area contributed by atoms with Gasteiger partial charge in [-0.05, 0) is 85.0 Å². The maximum Gasteiger partial charge on any atom is 0.419 e. The molecule has 0 saturated carbocycles. The Bertz CT molecular complexity index is 1680. The van der Waals surface area contributed by atoms with Crippen LogP contribution in [-0.2, 0) is 44.7 Å². The van der Waals surface area contributed by atoms with Gasteiger partial charge in [0.2, 0.25) is 0 Å². The number of carbonyl (C=O) groups excluding carboxylic acids is 2. The van der Waals surface area contributed by atoms with Crippen LogP contribution in [0, 0.1) is 0 Å². The Hall–Kier alpha value is -5.06. The molecule has 4 aromatic carbocycles. The van der Waals surface area contributed by atoms with E-state index in [9.17, 15) is 9.59 Å². The van der Waals surface area contributed by atoms with Gasteiger partial charge in [-0.2, -0.15) is 0 Å². The minimum absolute atomic E-state index is 0.489. The van der Waals surface area contributed by atoms with Crippen molar-refractivity contribution in [2.45, 2.75) is 104 Å². The van der Waals surface area contributed by atoms with Gasteiger partial charge in [-0.3, -0.25) is 9.80 Å². The van der Waals surface area contributed by atoms with Crippen LogP contribution in [0.1, 0.15) is 88.5 Å². The summed E-state index contributed by atoms with van der Waals surface area (Å²) in [5.41, 5.74) is 4.42. The van der Waals surface area contributed by atoms with Gasteiger partial charge in [0.15, 0.2) is 35.5 Å². The molecule has 0 radical (unpaired) electrons. The second kappa shape index (κ2) is 26.9. The zero-order valence-electron chi connectivity index (χ0n) is 36.9. The number of ether oxygens (including phenoxy) is 6. The smallest absolute Gasteiger partial charge is 0.419 e. The fourth-order valence-electron chi connectivity index (χ4n) is 7.33. The minimum Gasteiger partial charge on any atom is -0.493 e. The monoisotopic (exact) mass is 824 g/mol. The number of rotatable bonds is 28. The van der Waals surface area contributed by atoms with Crippen molar-refractivity contribution in [2.75, 3.05) is 53.6 Å². The van der Waals surface area contributed by atoms with Gasteiger partial charge in [-0.25, -0.2) is 9.59 Å². The van der Waals surface area contributed by atoms with Gasteiger partial charge >= 0.3 is 11.9 Å². The van der Waals surface area contributed by atoms with Crippen molar-refractivity contribution >= 4 is 11.9 Å². The van der Waals surface area contributed by atoms with Gasteiger partial charge in [0.25, 0.3) is 0 Å². The topological polar surface area (TPSA) is 96.0 Å². The molecule has 4 aromatic rings. The van der Waals surface area contributed by atoms with E-state index in [1.54, 1.807) is 14.2 Å². The third-order valence-electron chi connectivity index (χ3n) is 10.3. The molecule has 0 saturated heterocycles. The first-order valence-electron chi connectivity index (χ1n) is 21.9. The van der Waals surface area contributed by atoms with E-state index in [4.69, 9.17) is 28.4 Å². The Kier molecular flexibility index (Phi) is 21.4. The quantitative estimate of drug-likeness (QED) is 0.0313. The van der Waals surface area contributed by atoms with Crippen LogP contribution in [0.15, 0.2) is 97.1 Å². The predicted octanol–water partition coefficient (Wildman–Crippen LogP) is 9.49. The fourth-order valence-corrected chi connectivity index (χ4v) is 7.33. The Labute approximate surface area is 359 Å². The summed E-state index contributed by atoms with van der Waals surface area (Å²) in [6.45, 7) is 12.3. The summed E-state index contributed by atoms with van der Waals surface area (Å²) in [6, 6.07) is 32.2. The second-order valence-electron chi connectivity index (χ2n) is 15.0. The van der Waals surface area contributed by atoms with Crippen molar-refractivity contribution in [3.05, 3.63) is 119 Å². The highest BCUT2D eigenvalue weighted by Crippen LogP contribution is 2.31. The largest absolute Gasteiger partial charge is 0.493 e. The molecule has 2 atom stereocenters. The molecule has 10 heteroatoms. The summed E-state index contributed by atoms with van der Waals surface area (Å²) in [7, 11) is 3.27. The van der Waals surface area contributed by atoms with E-state index in [-0.39, 0.29) is 0 Å². The number of methoxy groups -OCH3 is 2. The molecule has 0 aliphatic carbocycles. The van der Waals surface area contributed by atoms with E-state index < -0.39 is 24.4 Å². The summed E-state index contributed by atoms with van der Waals surface area (Å²) in [5, 5.41) is 0. The lowest BCUT2D eigenvalue weighted by molar-refractivity contribution is -0.186. The van der Waals surface area contributed by atoms with Crippen LogP contribution in [-0.4, -0.2) is 87.8 Å². The molecule has 0 N–H and O–H groups in total. The Balaban J connectivity index is 1.44. The zero-order chi connectivity index (χ0) is 43.0. The summed E-state index contributed by atoms with van der Waals surface area (Å²) < 4.78 is 35.7. The molecule has 0 amide bonds. The second-order valence-corrected chi connectivity index (χ2v) is 15.0. The predicted molar refractivity (Wildman–Crippen MR) is 238 cm³/mol. The molecule has 0 heterocycles. The number of esters is 2. The van der Waals surface area contributed by atoms with E-state index in [1.807, 2.05) is 72.8 Å². The van der Waals surface area contributed by atoms with E-state index >= 15 is 0 Å². The van der Waals surface area contributed by atoms with Crippen LogP contribution in [0.25, 0.3) is 0 Å². The molecular formula is C50H68N2O8. The first kappa shape index (κ1) is 47.6. The lowest BCUT2D eigenvalue weighted by Gasteiger charge is -2.32. The van der Waals surface area contributed by atoms with Gasteiger partial charge in [0, 0.05) is 51.9 Å². The Morgan fingerprint density at radius 3 is 1.17 bits per heavy atom. The van der Waals surface area contributed by atoms with Crippen molar-refractivity contribution in [2.24, 2.45) is 0 Å². The molecule has 0 aromatic heterocycles. The molecule has 10 nitrogen and oxygen atoms in total. The molecular weight excluding hydrogens is 757 g/mol. The number of hydrogen-bond donors (Lipinski definition) is 0. The molecule has 0 aliphatic rings. The SMILES string of the molecule is CCCN(CCC)C(CCc1ccc(OC)c(OCCc2ccccc2)c1)OC(=O)C(=O)OC(CCc1ccc(OC)c(OCCc2ccccc2)c1)N(CCC)CCC. The third kappa shape index (κ3) is 15.8. The van der Waals surface area contributed by atoms with Gasteiger partial charge in [0.05, 0.1) is 27.4 Å². The number of benzene rings is 4. The summed E-state index contributed by atoms with van der Waals surface area (Å²) >= 11 is 0. The van der Waals surface area contributed by atoms with E-state index in [1.165, 1.54) is 11.1 Å². The number of carbonyl (C=O) groups is 2. The number of nitrogens with zero attached hydrogens (tertiary/aromatic N) is 2.